The van der Waals surface area contributed by atoms with Crippen LogP contribution in [-0.4, -0.2) is 69.6 Å². The van der Waals surface area contributed by atoms with E-state index in [4.69, 9.17) is 0 Å². The van der Waals surface area contributed by atoms with Gasteiger partial charge in [0.1, 0.15) is 0 Å². The zero-order valence-electron chi connectivity index (χ0n) is 14.5. The normalized spacial score (nSPS) is 16.8. The van der Waals surface area contributed by atoms with Crippen LogP contribution in [0.1, 0.15) is 28.8 Å². The van der Waals surface area contributed by atoms with Gasteiger partial charge in [0.2, 0.25) is 10.0 Å². The lowest BCUT2D eigenvalue weighted by Crippen LogP contribution is -2.36. The number of carbonyl (C=O) groups excluding carboxylic acids is 1. The molecule has 0 saturated carbocycles. The quantitative estimate of drug-likeness (QED) is 0.777. The topological polar surface area (TPSA) is 69.7 Å². The second kappa shape index (κ2) is 8.60. The maximum atomic E-state index is 12.6. The highest BCUT2D eigenvalue weighted by Gasteiger charge is 2.20. The average molecular weight is 353 g/mol. The number of hydrogen-bond donors (Lipinski definition) is 1. The van der Waals surface area contributed by atoms with Gasteiger partial charge in [-0.15, -0.1) is 0 Å². The van der Waals surface area contributed by atoms with Crippen molar-refractivity contribution >= 4 is 15.9 Å². The SMILES string of the molecule is Cc1cccc(C(=O)N2CCCN(CCCNS(C)(=O)=O)CC2)c1. The lowest BCUT2D eigenvalue weighted by atomic mass is 10.1. The van der Waals surface area contributed by atoms with Crippen LogP contribution in [0.3, 0.4) is 0 Å². The van der Waals surface area contributed by atoms with E-state index in [0.717, 1.165) is 50.1 Å². The van der Waals surface area contributed by atoms with E-state index >= 15 is 0 Å². The molecule has 1 aromatic carbocycles. The average Bonchev–Trinajstić information content (AvgIpc) is 2.75. The summed E-state index contributed by atoms with van der Waals surface area (Å²) in [5, 5.41) is 0. The van der Waals surface area contributed by atoms with Crippen LogP contribution in [0, 0.1) is 6.92 Å². The molecule has 0 bridgehead atoms. The molecule has 1 saturated heterocycles. The summed E-state index contributed by atoms with van der Waals surface area (Å²) < 4.78 is 24.6. The Morgan fingerprint density at radius 1 is 1.21 bits per heavy atom. The van der Waals surface area contributed by atoms with Gasteiger partial charge in [0.05, 0.1) is 6.26 Å². The molecule has 1 aliphatic heterocycles. The molecular weight excluding hydrogens is 326 g/mol. The predicted octanol–water partition coefficient (Wildman–Crippen LogP) is 1.08. The molecule has 0 aliphatic carbocycles. The number of hydrogen-bond acceptors (Lipinski definition) is 4. The molecule has 1 aromatic rings. The Balaban J connectivity index is 1.81. The van der Waals surface area contributed by atoms with Crippen molar-refractivity contribution < 1.29 is 13.2 Å². The fourth-order valence-electron chi connectivity index (χ4n) is 2.92. The van der Waals surface area contributed by atoms with Crippen molar-refractivity contribution in [2.75, 3.05) is 45.5 Å². The van der Waals surface area contributed by atoms with Crippen molar-refractivity contribution in [3.63, 3.8) is 0 Å². The highest BCUT2D eigenvalue weighted by molar-refractivity contribution is 7.88. The number of nitrogens with one attached hydrogen (secondary N) is 1. The third-order valence-electron chi connectivity index (χ3n) is 4.16. The fraction of sp³-hybridized carbons (Fsp3) is 0.588. The van der Waals surface area contributed by atoms with Crippen LogP contribution in [-0.2, 0) is 10.0 Å². The molecule has 0 unspecified atom stereocenters. The van der Waals surface area contributed by atoms with Crippen LogP contribution in [0.25, 0.3) is 0 Å². The van der Waals surface area contributed by atoms with Crippen LogP contribution < -0.4 is 4.72 Å². The molecule has 0 atom stereocenters. The summed E-state index contributed by atoms with van der Waals surface area (Å²) in [5.74, 6) is 0.0966. The summed E-state index contributed by atoms with van der Waals surface area (Å²) in [6.45, 7) is 6.55. The maximum absolute atomic E-state index is 12.6. The van der Waals surface area contributed by atoms with Gasteiger partial charge in [-0.05, 0) is 45.0 Å². The monoisotopic (exact) mass is 353 g/mol. The molecule has 24 heavy (non-hydrogen) atoms. The van der Waals surface area contributed by atoms with Gasteiger partial charge in [-0.1, -0.05) is 17.7 Å². The minimum Gasteiger partial charge on any atom is -0.337 e. The second-order valence-electron chi connectivity index (χ2n) is 6.38. The third-order valence-corrected chi connectivity index (χ3v) is 4.88. The number of aryl methyl sites for hydroxylation is 1. The first-order valence-corrected chi connectivity index (χ1v) is 10.3. The highest BCUT2D eigenvalue weighted by Crippen LogP contribution is 2.11. The van der Waals surface area contributed by atoms with Crippen LogP contribution in [0.4, 0.5) is 0 Å². The maximum Gasteiger partial charge on any atom is 0.253 e. The number of sulfonamides is 1. The van der Waals surface area contributed by atoms with Crippen LogP contribution >= 0.6 is 0 Å². The molecule has 0 radical (unpaired) electrons. The molecule has 1 N–H and O–H groups in total. The Morgan fingerprint density at radius 3 is 2.71 bits per heavy atom. The first-order chi connectivity index (χ1) is 11.3. The van der Waals surface area contributed by atoms with Crippen molar-refractivity contribution in [1.29, 1.82) is 0 Å². The standard InChI is InChI=1S/C17H27N3O3S/c1-15-6-3-7-16(14-15)17(21)20-11-5-10-19(12-13-20)9-4-8-18-24(2,22)23/h3,6-7,14,18H,4-5,8-13H2,1-2H3. The Hall–Kier alpha value is -1.44. The number of carbonyl (C=O) groups is 1. The van der Waals surface area contributed by atoms with E-state index < -0.39 is 10.0 Å². The Morgan fingerprint density at radius 2 is 2.00 bits per heavy atom. The first-order valence-electron chi connectivity index (χ1n) is 8.38. The smallest absolute Gasteiger partial charge is 0.253 e. The summed E-state index contributed by atoms with van der Waals surface area (Å²) in [7, 11) is -3.11. The van der Waals surface area contributed by atoms with E-state index in [1.807, 2.05) is 36.1 Å². The van der Waals surface area contributed by atoms with Gasteiger partial charge in [0.25, 0.3) is 5.91 Å². The van der Waals surface area contributed by atoms with Crippen LogP contribution in [0.5, 0.6) is 0 Å². The third kappa shape index (κ3) is 6.22. The second-order valence-corrected chi connectivity index (χ2v) is 8.21. The van der Waals surface area contributed by atoms with Crippen LogP contribution in [0.15, 0.2) is 24.3 Å². The molecule has 1 aliphatic rings. The predicted molar refractivity (Wildman–Crippen MR) is 95.6 cm³/mol. The largest absolute Gasteiger partial charge is 0.337 e. The van der Waals surface area contributed by atoms with E-state index in [9.17, 15) is 13.2 Å². The fourth-order valence-corrected chi connectivity index (χ4v) is 3.43. The van der Waals surface area contributed by atoms with Crippen molar-refractivity contribution in [3.05, 3.63) is 35.4 Å². The number of nitrogens with zero attached hydrogens (tertiary/aromatic N) is 2. The van der Waals surface area contributed by atoms with Gasteiger partial charge in [-0.3, -0.25) is 4.79 Å². The number of rotatable bonds is 6. The summed E-state index contributed by atoms with van der Waals surface area (Å²) in [5.41, 5.74) is 1.84. The Labute approximate surface area is 144 Å². The van der Waals surface area contributed by atoms with E-state index in [2.05, 4.69) is 9.62 Å². The zero-order valence-corrected chi connectivity index (χ0v) is 15.3. The van der Waals surface area contributed by atoms with Gasteiger partial charge in [-0.2, -0.15) is 0 Å². The summed E-state index contributed by atoms with van der Waals surface area (Å²) in [6, 6.07) is 7.71. The van der Waals surface area contributed by atoms with E-state index in [1.165, 1.54) is 6.26 Å². The molecule has 1 amide bonds. The minimum absolute atomic E-state index is 0.0966. The van der Waals surface area contributed by atoms with Crippen molar-refractivity contribution in [1.82, 2.24) is 14.5 Å². The van der Waals surface area contributed by atoms with Crippen LogP contribution in [0.2, 0.25) is 0 Å². The van der Waals surface area contributed by atoms with Crippen molar-refractivity contribution in [2.45, 2.75) is 19.8 Å². The summed E-state index contributed by atoms with van der Waals surface area (Å²) in [4.78, 5) is 16.8. The molecule has 1 fully saturated rings. The number of benzene rings is 1. The van der Waals surface area contributed by atoms with E-state index in [-0.39, 0.29) is 5.91 Å². The highest BCUT2D eigenvalue weighted by atomic mass is 32.2. The van der Waals surface area contributed by atoms with Gasteiger partial charge < -0.3 is 9.80 Å². The van der Waals surface area contributed by atoms with E-state index in [1.54, 1.807) is 0 Å². The number of amides is 1. The zero-order chi connectivity index (χ0) is 17.6. The molecule has 0 spiro atoms. The molecule has 1 heterocycles. The minimum atomic E-state index is -3.11. The first kappa shape index (κ1) is 18.9. The Kier molecular flexibility index (Phi) is 6.77. The molecular formula is C17H27N3O3S. The molecule has 6 nitrogen and oxygen atoms in total. The van der Waals surface area contributed by atoms with Crippen molar-refractivity contribution in [2.24, 2.45) is 0 Å². The lowest BCUT2D eigenvalue weighted by molar-refractivity contribution is 0.0761. The lowest BCUT2D eigenvalue weighted by Gasteiger charge is -2.22. The summed E-state index contributed by atoms with van der Waals surface area (Å²) >= 11 is 0. The van der Waals surface area contributed by atoms with Crippen molar-refractivity contribution in [3.8, 4) is 0 Å². The van der Waals surface area contributed by atoms with E-state index in [0.29, 0.717) is 13.1 Å². The molecule has 2 rings (SSSR count). The van der Waals surface area contributed by atoms with Gasteiger partial charge in [0.15, 0.2) is 0 Å². The molecule has 0 aromatic heterocycles. The van der Waals surface area contributed by atoms with Gasteiger partial charge in [-0.25, -0.2) is 13.1 Å². The Bertz CT molecular complexity index is 661. The van der Waals surface area contributed by atoms with Gasteiger partial charge >= 0.3 is 0 Å². The molecule has 7 heteroatoms. The molecule has 134 valence electrons. The van der Waals surface area contributed by atoms with Gasteiger partial charge in [0, 0.05) is 31.7 Å². The summed E-state index contributed by atoms with van der Waals surface area (Å²) in [6.07, 6.45) is 2.89.